The molecule has 2 N–H and O–H groups in total. The van der Waals surface area contributed by atoms with Crippen molar-refractivity contribution in [2.45, 2.75) is 20.8 Å². The molecule has 3 heterocycles. The van der Waals surface area contributed by atoms with Crippen molar-refractivity contribution in [3.63, 3.8) is 0 Å². The first-order chi connectivity index (χ1) is 15.3. The van der Waals surface area contributed by atoms with Gasteiger partial charge in [0.15, 0.2) is 0 Å². The summed E-state index contributed by atoms with van der Waals surface area (Å²) >= 11 is 0. The molecule has 0 amide bonds. The van der Waals surface area contributed by atoms with Crippen molar-refractivity contribution in [2.75, 3.05) is 43.9 Å². The van der Waals surface area contributed by atoms with Crippen LogP contribution in [0.3, 0.4) is 0 Å². The van der Waals surface area contributed by atoms with E-state index >= 15 is 0 Å². The van der Waals surface area contributed by atoms with E-state index in [0.717, 1.165) is 27.8 Å². The van der Waals surface area contributed by atoms with E-state index in [1.807, 2.05) is 39.0 Å². The fourth-order valence-corrected chi connectivity index (χ4v) is 3.52. The molecule has 2 aromatic heterocycles. The Morgan fingerprint density at radius 3 is 2.44 bits per heavy atom. The number of nitrogen functional groups attached to an aromatic ring is 1. The molecule has 0 unspecified atom stereocenters. The lowest BCUT2D eigenvalue weighted by atomic mass is 9.98. The normalized spacial score (nSPS) is 15.1. The highest BCUT2D eigenvalue weighted by molar-refractivity contribution is 5.93. The number of rotatable bonds is 4. The molecule has 9 heteroatoms. The quantitative estimate of drug-likeness (QED) is 0.660. The molecule has 168 valence electrons. The van der Waals surface area contributed by atoms with E-state index in [0.29, 0.717) is 37.7 Å². The van der Waals surface area contributed by atoms with Gasteiger partial charge in [-0.05, 0) is 44.5 Å². The lowest BCUT2D eigenvalue weighted by Crippen LogP contribution is -2.48. The van der Waals surface area contributed by atoms with Crippen molar-refractivity contribution in [3.8, 4) is 17.0 Å². The summed E-state index contributed by atoms with van der Waals surface area (Å²) in [5.41, 5.74) is 8.70. The number of hydroxylamine groups is 2. The average molecular weight is 437 g/mol. The number of carbonyl (C=O) groups excluding carboxylic acids is 1. The Morgan fingerprint density at radius 1 is 1.03 bits per heavy atom. The largest absolute Gasteiger partial charge is 0.480 e. The van der Waals surface area contributed by atoms with Crippen LogP contribution < -0.4 is 15.4 Å². The van der Waals surface area contributed by atoms with Gasteiger partial charge in [-0.2, -0.15) is 0 Å². The molecule has 1 aliphatic heterocycles. The van der Waals surface area contributed by atoms with Crippen LogP contribution in [0.15, 0.2) is 36.8 Å². The lowest BCUT2D eigenvalue weighted by Gasteiger charge is -2.35. The van der Waals surface area contributed by atoms with Crippen LogP contribution in [0.1, 0.15) is 20.8 Å². The number of nitrogens with zero attached hydrogens (tertiary/aromatic N) is 5. The van der Waals surface area contributed by atoms with Gasteiger partial charge in [-0.3, -0.25) is 0 Å². The van der Waals surface area contributed by atoms with E-state index in [-0.39, 0.29) is 5.97 Å². The number of benzene rings is 1. The summed E-state index contributed by atoms with van der Waals surface area (Å²) in [6, 6.07) is 7.86. The first-order valence-electron chi connectivity index (χ1n) is 10.5. The fourth-order valence-electron chi connectivity index (χ4n) is 3.52. The second-order valence-electron chi connectivity index (χ2n) is 8.80. The number of aromatic nitrogens is 3. The second-order valence-corrected chi connectivity index (χ2v) is 8.80. The number of carbonyl (C=O) groups is 1. The molecule has 9 nitrogen and oxygen atoms in total. The van der Waals surface area contributed by atoms with E-state index in [2.05, 4.69) is 25.9 Å². The van der Waals surface area contributed by atoms with Crippen molar-refractivity contribution in [1.82, 2.24) is 20.0 Å². The minimum Gasteiger partial charge on any atom is -0.480 e. The highest BCUT2D eigenvalue weighted by atomic mass is 16.7. The summed E-state index contributed by atoms with van der Waals surface area (Å²) in [6.07, 6.45) is 3.32. The molecule has 0 saturated carbocycles. The standard InChI is InChI=1S/C23H28N6O3/c1-23(2,3)22(30)32-29-9-7-28(8-10-29)20-17-11-15(5-6-19(17)26-14-27-20)16-12-18(24)21(31-4)25-13-16/h5-6,11-14H,7-10,24H2,1-4H3. The number of nitrogens with two attached hydrogens (primary N) is 1. The minimum atomic E-state index is -0.532. The average Bonchev–Trinajstić information content (AvgIpc) is 2.78. The minimum absolute atomic E-state index is 0.226. The molecule has 3 aromatic rings. The van der Waals surface area contributed by atoms with Crippen LogP contribution >= 0.6 is 0 Å². The maximum Gasteiger partial charge on any atom is 0.330 e. The monoisotopic (exact) mass is 436 g/mol. The number of hydrogen-bond acceptors (Lipinski definition) is 9. The molecule has 32 heavy (non-hydrogen) atoms. The van der Waals surface area contributed by atoms with Crippen molar-refractivity contribution in [2.24, 2.45) is 5.41 Å². The summed E-state index contributed by atoms with van der Waals surface area (Å²) in [4.78, 5) is 33.2. The van der Waals surface area contributed by atoms with Gasteiger partial charge in [-0.25, -0.2) is 19.7 Å². The number of ether oxygens (including phenoxy) is 1. The van der Waals surface area contributed by atoms with Crippen LogP contribution in [0.2, 0.25) is 0 Å². The van der Waals surface area contributed by atoms with Gasteiger partial charge >= 0.3 is 5.97 Å². The topological polar surface area (TPSA) is 107 Å². The smallest absolute Gasteiger partial charge is 0.330 e. The van der Waals surface area contributed by atoms with Crippen LogP contribution in [0.5, 0.6) is 5.88 Å². The highest BCUT2D eigenvalue weighted by Gasteiger charge is 2.28. The van der Waals surface area contributed by atoms with Crippen LogP contribution in [0.4, 0.5) is 11.5 Å². The third-order valence-electron chi connectivity index (χ3n) is 5.38. The van der Waals surface area contributed by atoms with Gasteiger partial charge in [-0.15, -0.1) is 5.06 Å². The number of fused-ring (bicyclic) bond motifs is 1. The summed E-state index contributed by atoms with van der Waals surface area (Å²) in [6.45, 7) is 8.12. The summed E-state index contributed by atoms with van der Waals surface area (Å²) in [5.74, 6) is 1.03. The number of methoxy groups -OCH3 is 1. The highest BCUT2D eigenvalue weighted by Crippen LogP contribution is 2.31. The predicted molar refractivity (Wildman–Crippen MR) is 123 cm³/mol. The van der Waals surface area contributed by atoms with Gasteiger partial charge in [0.25, 0.3) is 0 Å². The fraction of sp³-hybridized carbons (Fsp3) is 0.391. The van der Waals surface area contributed by atoms with E-state index in [1.54, 1.807) is 24.7 Å². The molecule has 1 aliphatic rings. The molecular formula is C23H28N6O3. The van der Waals surface area contributed by atoms with Crippen LogP contribution in [0, 0.1) is 5.41 Å². The zero-order chi connectivity index (χ0) is 22.9. The SMILES string of the molecule is COc1ncc(-c2ccc3ncnc(N4CCN(OC(=O)C(C)(C)C)CC4)c3c2)cc1N. The molecule has 0 bridgehead atoms. The maximum absolute atomic E-state index is 12.2. The molecular weight excluding hydrogens is 408 g/mol. The first-order valence-corrected chi connectivity index (χ1v) is 10.5. The zero-order valence-electron chi connectivity index (χ0n) is 18.8. The van der Waals surface area contributed by atoms with Crippen LogP contribution in [-0.4, -0.2) is 59.3 Å². The molecule has 1 fully saturated rings. The van der Waals surface area contributed by atoms with Gasteiger partial charge in [0.05, 0.1) is 36.8 Å². The van der Waals surface area contributed by atoms with Crippen molar-refractivity contribution in [3.05, 3.63) is 36.8 Å². The molecule has 0 aliphatic carbocycles. The summed E-state index contributed by atoms with van der Waals surface area (Å²) in [5, 5.41) is 2.67. The third kappa shape index (κ3) is 4.43. The van der Waals surface area contributed by atoms with E-state index in [1.165, 1.54) is 0 Å². The molecule has 1 aromatic carbocycles. The van der Waals surface area contributed by atoms with E-state index in [4.69, 9.17) is 15.3 Å². The van der Waals surface area contributed by atoms with Gasteiger partial charge in [0, 0.05) is 30.2 Å². The Hall–Kier alpha value is -3.46. The Bertz CT molecular complexity index is 1140. The molecule has 4 rings (SSSR count). The predicted octanol–water partition coefficient (Wildman–Crippen LogP) is 2.91. The number of anilines is 2. The summed E-state index contributed by atoms with van der Waals surface area (Å²) in [7, 11) is 1.54. The maximum atomic E-state index is 12.2. The Balaban J connectivity index is 1.57. The number of piperazine rings is 1. The second kappa shape index (κ2) is 8.58. The summed E-state index contributed by atoms with van der Waals surface area (Å²) < 4.78 is 5.16. The van der Waals surface area contributed by atoms with E-state index in [9.17, 15) is 4.79 Å². The third-order valence-corrected chi connectivity index (χ3v) is 5.38. The van der Waals surface area contributed by atoms with Gasteiger partial charge in [-0.1, -0.05) is 6.07 Å². The molecule has 1 saturated heterocycles. The Morgan fingerprint density at radius 2 is 1.78 bits per heavy atom. The molecule has 0 atom stereocenters. The van der Waals surface area contributed by atoms with E-state index < -0.39 is 5.41 Å². The number of hydrogen-bond donors (Lipinski definition) is 1. The zero-order valence-corrected chi connectivity index (χ0v) is 18.8. The van der Waals surface area contributed by atoms with Crippen molar-refractivity contribution < 1.29 is 14.4 Å². The van der Waals surface area contributed by atoms with Crippen LogP contribution in [-0.2, 0) is 9.63 Å². The number of pyridine rings is 1. The van der Waals surface area contributed by atoms with Gasteiger partial charge in [0.1, 0.15) is 12.1 Å². The molecule has 0 radical (unpaired) electrons. The van der Waals surface area contributed by atoms with Gasteiger partial charge < -0.3 is 20.2 Å². The van der Waals surface area contributed by atoms with Crippen molar-refractivity contribution >= 4 is 28.4 Å². The lowest BCUT2D eigenvalue weighted by molar-refractivity contribution is -0.201. The van der Waals surface area contributed by atoms with Crippen molar-refractivity contribution in [1.29, 1.82) is 0 Å². The van der Waals surface area contributed by atoms with Gasteiger partial charge in [0.2, 0.25) is 5.88 Å². The first kappa shape index (κ1) is 21.8. The van der Waals surface area contributed by atoms with Crippen LogP contribution in [0.25, 0.3) is 22.0 Å². The Kier molecular flexibility index (Phi) is 5.84. The Labute approximate surface area is 187 Å². The molecule has 0 spiro atoms.